The van der Waals surface area contributed by atoms with Gasteiger partial charge < -0.3 is 10.1 Å². The second-order valence-corrected chi connectivity index (χ2v) is 5.73. The molecule has 1 heterocycles. The molecule has 21 heavy (non-hydrogen) atoms. The Hall–Kier alpha value is -2.00. The van der Waals surface area contributed by atoms with Crippen LogP contribution in [0.4, 0.5) is 5.69 Å². The molecule has 1 N–H and O–H groups in total. The molecule has 0 bridgehead atoms. The van der Waals surface area contributed by atoms with Crippen molar-refractivity contribution < 1.29 is 4.74 Å². The van der Waals surface area contributed by atoms with E-state index in [0.29, 0.717) is 11.0 Å². The molecule has 0 aromatic heterocycles. The van der Waals surface area contributed by atoms with Gasteiger partial charge in [0, 0.05) is 22.3 Å². The van der Waals surface area contributed by atoms with Crippen LogP contribution in [-0.4, -0.2) is 12.1 Å². The fraction of sp³-hybridized carbons (Fsp3) is 0.235. The van der Waals surface area contributed by atoms with E-state index in [1.54, 1.807) is 0 Å². The molecule has 2 aromatic carbocycles. The lowest BCUT2D eigenvalue weighted by molar-refractivity contribution is 0.225. The second kappa shape index (κ2) is 5.78. The molecule has 3 rings (SSSR count). The molecule has 0 aliphatic carbocycles. The minimum Gasteiger partial charge on any atom is -0.452 e. The molecule has 1 unspecified atom stereocenters. The third-order valence-corrected chi connectivity index (χ3v) is 3.48. The molecule has 0 saturated heterocycles. The first-order valence-corrected chi connectivity index (χ1v) is 7.37. The molecular weight excluding hydrogens is 284 g/mol. The summed E-state index contributed by atoms with van der Waals surface area (Å²) in [6.07, 6.45) is -0.196. The van der Waals surface area contributed by atoms with Gasteiger partial charge in [-0.2, -0.15) is 0 Å². The Morgan fingerprint density at radius 2 is 1.90 bits per heavy atom. The minimum absolute atomic E-state index is 0.165. The standard InChI is InChI=1S/C17H17ClN2O/c1-11(2)19-17-20-15-9-8-13(18)10-14(15)16(21-17)12-6-4-3-5-7-12/h3-11,16H,1-2H3,(H,19,20). The summed E-state index contributed by atoms with van der Waals surface area (Å²) in [5.41, 5.74) is 3.09. The molecular formula is C17H17ClN2O. The van der Waals surface area contributed by atoms with Crippen LogP contribution in [0.1, 0.15) is 31.1 Å². The van der Waals surface area contributed by atoms with Gasteiger partial charge in [-0.3, -0.25) is 0 Å². The monoisotopic (exact) mass is 300 g/mol. The smallest absolute Gasteiger partial charge is 0.290 e. The van der Waals surface area contributed by atoms with E-state index in [9.17, 15) is 0 Å². The number of ether oxygens (including phenoxy) is 1. The maximum atomic E-state index is 6.14. The molecule has 0 fully saturated rings. The molecule has 0 saturated carbocycles. The van der Waals surface area contributed by atoms with Gasteiger partial charge in [-0.1, -0.05) is 41.9 Å². The van der Waals surface area contributed by atoms with Gasteiger partial charge in [0.25, 0.3) is 6.02 Å². The number of halogens is 1. The van der Waals surface area contributed by atoms with Crippen molar-refractivity contribution >= 4 is 23.3 Å². The van der Waals surface area contributed by atoms with Gasteiger partial charge in [-0.05, 0) is 37.6 Å². The Kier molecular flexibility index (Phi) is 3.84. The van der Waals surface area contributed by atoms with Crippen molar-refractivity contribution in [1.29, 1.82) is 0 Å². The number of amidine groups is 1. The Morgan fingerprint density at radius 1 is 1.14 bits per heavy atom. The Balaban J connectivity index is 2.07. The summed E-state index contributed by atoms with van der Waals surface area (Å²) in [7, 11) is 0. The number of rotatable bonds is 2. The van der Waals surface area contributed by atoms with E-state index in [0.717, 1.165) is 16.8 Å². The number of benzene rings is 2. The number of anilines is 1. The highest BCUT2D eigenvalue weighted by molar-refractivity contribution is 6.30. The van der Waals surface area contributed by atoms with Gasteiger partial charge in [0.05, 0.1) is 0 Å². The van der Waals surface area contributed by atoms with Crippen LogP contribution in [0.3, 0.4) is 0 Å². The van der Waals surface area contributed by atoms with Crippen LogP contribution in [0.15, 0.2) is 53.5 Å². The number of hydrogen-bond donors (Lipinski definition) is 1. The van der Waals surface area contributed by atoms with E-state index in [-0.39, 0.29) is 12.1 Å². The first kappa shape index (κ1) is 14.0. The van der Waals surface area contributed by atoms with E-state index in [1.165, 1.54) is 0 Å². The Bertz CT molecular complexity index is 668. The van der Waals surface area contributed by atoms with Gasteiger partial charge in [0.2, 0.25) is 0 Å². The molecule has 2 aromatic rings. The van der Waals surface area contributed by atoms with Crippen molar-refractivity contribution in [3.05, 3.63) is 64.7 Å². The molecule has 0 amide bonds. The van der Waals surface area contributed by atoms with E-state index >= 15 is 0 Å². The fourth-order valence-corrected chi connectivity index (χ4v) is 2.54. The van der Waals surface area contributed by atoms with Crippen molar-refractivity contribution in [2.45, 2.75) is 26.0 Å². The number of nitrogens with zero attached hydrogens (tertiary/aromatic N) is 1. The van der Waals surface area contributed by atoms with Gasteiger partial charge >= 0.3 is 0 Å². The lowest BCUT2D eigenvalue weighted by atomic mass is 9.99. The zero-order chi connectivity index (χ0) is 14.8. The predicted octanol–water partition coefficient (Wildman–Crippen LogP) is 4.64. The summed E-state index contributed by atoms with van der Waals surface area (Å²) in [4.78, 5) is 4.48. The minimum atomic E-state index is -0.196. The van der Waals surface area contributed by atoms with Crippen LogP contribution >= 0.6 is 11.6 Å². The molecule has 1 aliphatic rings. The quantitative estimate of drug-likeness (QED) is 0.877. The van der Waals surface area contributed by atoms with E-state index in [2.05, 4.69) is 10.3 Å². The predicted molar refractivity (Wildman–Crippen MR) is 87.0 cm³/mol. The van der Waals surface area contributed by atoms with Crippen LogP contribution in [0.5, 0.6) is 0 Å². The fourth-order valence-electron chi connectivity index (χ4n) is 2.36. The summed E-state index contributed by atoms with van der Waals surface area (Å²) in [6.45, 7) is 4.04. The number of hydrogen-bond acceptors (Lipinski definition) is 2. The third-order valence-electron chi connectivity index (χ3n) is 3.24. The van der Waals surface area contributed by atoms with Gasteiger partial charge in [-0.25, -0.2) is 4.99 Å². The van der Waals surface area contributed by atoms with Gasteiger partial charge in [-0.15, -0.1) is 0 Å². The molecule has 108 valence electrons. The lowest BCUT2D eigenvalue weighted by Gasteiger charge is -2.29. The molecule has 0 spiro atoms. The Morgan fingerprint density at radius 3 is 2.62 bits per heavy atom. The highest BCUT2D eigenvalue weighted by atomic mass is 35.5. The molecule has 1 atom stereocenters. The van der Waals surface area contributed by atoms with Crippen LogP contribution in [0, 0.1) is 0 Å². The maximum Gasteiger partial charge on any atom is 0.290 e. The first-order valence-electron chi connectivity index (χ1n) is 6.99. The molecule has 0 radical (unpaired) electrons. The molecule has 1 aliphatic heterocycles. The lowest BCUT2D eigenvalue weighted by Crippen LogP contribution is -2.27. The first-order chi connectivity index (χ1) is 10.1. The molecule has 4 heteroatoms. The SMILES string of the molecule is CC(C)N=C1Nc2ccc(Cl)cc2C(c2ccccc2)O1. The van der Waals surface area contributed by atoms with Gasteiger partial charge in [0.15, 0.2) is 6.10 Å². The van der Waals surface area contributed by atoms with Crippen molar-refractivity contribution in [3.8, 4) is 0 Å². The summed E-state index contributed by atoms with van der Waals surface area (Å²) >= 11 is 6.14. The average molecular weight is 301 g/mol. The van der Waals surface area contributed by atoms with Crippen LogP contribution in [0.2, 0.25) is 5.02 Å². The summed E-state index contributed by atoms with van der Waals surface area (Å²) in [5.74, 6) is 0. The van der Waals surface area contributed by atoms with E-state index < -0.39 is 0 Å². The number of nitrogens with one attached hydrogen (secondary N) is 1. The van der Waals surface area contributed by atoms with Crippen LogP contribution in [-0.2, 0) is 4.74 Å². The van der Waals surface area contributed by atoms with E-state index in [4.69, 9.17) is 16.3 Å². The van der Waals surface area contributed by atoms with Crippen LogP contribution < -0.4 is 5.32 Å². The number of aliphatic imine (C=N–C) groups is 1. The highest BCUT2D eigenvalue weighted by Gasteiger charge is 2.26. The maximum absolute atomic E-state index is 6.14. The Labute approximate surface area is 129 Å². The summed E-state index contributed by atoms with van der Waals surface area (Å²) in [5, 5.41) is 3.92. The van der Waals surface area contributed by atoms with E-state index in [1.807, 2.05) is 62.4 Å². The second-order valence-electron chi connectivity index (χ2n) is 5.29. The summed E-state index contributed by atoms with van der Waals surface area (Å²) < 4.78 is 6.05. The van der Waals surface area contributed by atoms with Crippen LogP contribution in [0.25, 0.3) is 0 Å². The normalized spacial score (nSPS) is 19.0. The average Bonchev–Trinajstić information content (AvgIpc) is 2.47. The van der Waals surface area contributed by atoms with Gasteiger partial charge in [0.1, 0.15) is 0 Å². The van der Waals surface area contributed by atoms with Crippen molar-refractivity contribution in [1.82, 2.24) is 0 Å². The van der Waals surface area contributed by atoms with Crippen molar-refractivity contribution in [2.75, 3.05) is 5.32 Å². The largest absolute Gasteiger partial charge is 0.452 e. The number of fused-ring (bicyclic) bond motifs is 1. The zero-order valence-corrected chi connectivity index (χ0v) is 12.8. The highest BCUT2D eigenvalue weighted by Crippen LogP contribution is 2.37. The topological polar surface area (TPSA) is 33.6 Å². The summed E-state index contributed by atoms with van der Waals surface area (Å²) in [6, 6.07) is 16.6. The van der Waals surface area contributed by atoms with Crippen molar-refractivity contribution in [3.63, 3.8) is 0 Å². The molecule has 3 nitrogen and oxygen atoms in total. The van der Waals surface area contributed by atoms with Crippen molar-refractivity contribution in [2.24, 2.45) is 4.99 Å². The zero-order valence-electron chi connectivity index (χ0n) is 12.0. The third kappa shape index (κ3) is 3.03.